The van der Waals surface area contributed by atoms with Gasteiger partial charge in [0.15, 0.2) is 0 Å². The molecule has 1 radical (unpaired) electrons. The van der Waals surface area contributed by atoms with E-state index in [9.17, 15) is 5.11 Å². The zero-order chi connectivity index (χ0) is 30.4. The molecule has 44 heavy (non-hydrogen) atoms. The Morgan fingerprint density at radius 1 is 0.955 bits per heavy atom. The van der Waals surface area contributed by atoms with Crippen molar-refractivity contribution in [3.63, 3.8) is 0 Å². The Hall–Kier alpha value is -2.42. The van der Waals surface area contributed by atoms with Crippen LogP contribution in [0.5, 0.6) is 5.75 Å². The molecule has 4 aromatic rings. The van der Waals surface area contributed by atoms with Crippen LogP contribution in [-0.4, -0.2) is 70.6 Å². The molecule has 1 aliphatic rings. The summed E-state index contributed by atoms with van der Waals surface area (Å²) >= 11 is 1.82. The standard InChI is InChI=1S/C36H46N4O2S.Y/c1-6-7-20-38(21-13-22-40(3,4)23-24-41)35-25-28(26-36-37(2)32-16-11-12-17-34(32)43-36)31-19-18-30(42-5)27-33(31)39(35)29-14-9-8-10-15-29;/h8-12,14-19,25-27,41H,6-7,13,20-24H2,1-5H3;/q+2;. The summed E-state index contributed by atoms with van der Waals surface area (Å²) in [5.41, 5.74) is 4.69. The number of ether oxygens (including phenoxy) is 1. The van der Waals surface area contributed by atoms with Crippen LogP contribution in [0.2, 0.25) is 0 Å². The van der Waals surface area contributed by atoms with Crippen LogP contribution in [0.1, 0.15) is 31.7 Å². The average molecular weight is 688 g/mol. The third kappa shape index (κ3) is 7.86. The molecule has 0 bridgehead atoms. The maximum atomic E-state index is 9.58. The van der Waals surface area contributed by atoms with Gasteiger partial charge in [0.1, 0.15) is 23.5 Å². The van der Waals surface area contributed by atoms with Gasteiger partial charge in [-0.15, -0.1) is 0 Å². The number of aliphatic hydroxyl groups is 1. The fraction of sp³-hybridized carbons (Fsp3) is 0.361. The Kier molecular flexibility index (Phi) is 12.3. The minimum Gasteiger partial charge on any atom is -0.497 e. The monoisotopic (exact) mass is 687 g/mol. The van der Waals surface area contributed by atoms with Crippen molar-refractivity contribution < 1.29 is 51.6 Å². The number of methoxy groups -OCH3 is 1. The van der Waals surface area contributed by atoms with E-state index in [1.54, 1.807) is 7.11 Å². The smallest absolute Gasteiger partial charge is 0.282 e. The predicted octanol–water partition coefficient (Wildman–Crippen LogP) is 6.73. The van der Waals surface area contributed by atoms with Gasteiger partial charge in [-0.05, 0) is 54.5 Å². The Labute approximate surface area is 292 Å². The Morgan fingerprint density at radius 2 is 1.68 bits per heavy atom. The van der Waals surface area contributed by atoms with Crippen molar-refractivity contribution in [2.24, 2.45) is 0 Å². The largest absolute Gasteiger partial charge is 0.497 e. The minimum atomic E-state index is 0. The molecule has 0 amide bonds. The molecule has 0 saturated heterocycles. The Bertz CT molecular complexity index is 1580. The molecule has 1 aliphatic heterocycles. The van der Waals surface area contributed by atoms with Crippen molar-refractivity contribution in [1.29, 1.82) is 0 Å². The topological polar surface area (TPSA) is 39.8 Å². The molecule has 3 aromatic carbocycles. The molecule has 1 N–H and O–H groups in total. The molecule has 0 fully saturated rings. The number of hydrogen-bond donors (Lipinski definition) is 1. The van der Waals surface area contributed by atoms with Crippen molar-refractivity contribution in [3.8, 4) is 11.4 Å². The Balaban J connectivity index is 0.00000442. The normalized spacial score (nSPS) is 13.7. The van der Waals surface area contributed by atoms with E-state index in [1.807, 2.05) is 11.8 Å². The Morgan fingerprint density at radius 3 is 2.39 bits per heavy atom. The number of unbranched alkanes of at least 4 members (excludes halogenated alkanes) is 1. The molecular weight excluding hydrogens is 641 g/mol. The van der Waals surface area contributed by atoms with Gasteiger partial charge in [-0.25, -0.2) is 0 Å². The SMILES string of the molecule is CCCCN(CCC[N+](C)(C)CCO)c1cc(C=C2Sc3ccccc3N2C)c2ccc(OC)cc2[n+]1-c1ccccc1.[Y]. The van der Waals surface area contributed by atoms with Crippen LogP contribution < -0.4 is 19.1 Å². The molecule has 8 heteroatoms. The van der Waals surface area contributed by atoms with Gasteiger partial charge in [-0.3, -0.25) is 4.90 Å². The average Bonchev–Trinajstić information content (AvgIpc) is 3.33. The second kappa shape index (κ2) is 15.7. The third-order valence-electron chi connectivity index (χ3n) is 8.34. The molecule has 6 nitrogen and oxygen atoms in total. The number of aromatic nitrogens is 1. The molecule has 0 atom stereocenters. The molecule has 0 aliphatic carbocycles. The molecule has 0 unspecified atom stereocenters. The number of thioether (sulfide) groups is 1. The number of fused-ring (bicyclic) bond motifs is 2. The van der Waals surface area contributed by atoms with Gasteiger partial charge in [0.05, 0.1) is 58.2 Å². The number of rotatable bonds is 13. The van der Waals surface area contributed by atoms with Crippen LogP contribution in [0.25, 0.3) is 22.7 Å². The van der Waals surface area contributed by atoms with Gasteiger partial charge in [0.25, 0.3) is 5.82 Å². The van der Waals surface area contributed by atoms with Crippen molar-refractivity contribution in [1.82, 2.24) is 0 Å². The van der Waals surface area contributed by atoms with Crippen molar-refractivity contribution >= 4 is 40.2 Å². The summed E-state index contributed by atoms with van der Waals surface area (Å²) in [5, 5.41) is 12.0. The fourth-order valence-corrected chi connectivity index (χ4v) is 6.92. The minimum absolute atomic E-state index is 0. The molecule has 2 heterocycles. The van der Waals surface area contributed by atoms with Crippen LogP contribution >= 0.6 is 11.8 Å². The summed E-state index contributed by atoms with van der Waals surface area (Å²) < 4.78 is 8.98. The summed E-state index contributed by atoms with van der Waals surface area (Å²) in [5.74, 6) is 2.03. The first-order valence-electron chi connectivity index (χ1n) is 15.4. The quantitative estimate of drug-likeness (QED) is 0.125. The molecule has 1 aromatic heterocycles. The van der Waals surface area contributed by atoms with E-state index >= 15 is 0 Å². The first kappa shape index (κ1) is 34.5. The number of quaternary nitrogens is 1. The van der Waals surface area contributed by atoms with Gasteiger partial charge in [0, 0.05) is 68.6 Å². The zero-order valence-electron chi connectivity index (χ0n) is 26.9. The summed E-state index contributed by atoms with van der Waals surface area (Å²) in [6, 6.07) is 28.1. The van der Waals surface area contributed by atoms with E-state index in [-0.39, 0.29) is 39.3 Å². The van der Waals surface area contributed by atoms with Crippen molar-refractivity contribution in [2.75, 3.05) is 70.8 Å². The zero-order valence-corrected chi connectivity index (χ0v) is 30.5. The van der Waals surface area contributed by atoms with Crippen LogP contribution in [0.4, 0.5) is 11.5 Å². The number of hydrogen-bond acceptors (Lipinski definition) is 5. The van der Waals surface area contributed by atoms with Crippen LogP contribution in [0.15, 0.2) is 88.8 Å². The van der Waals surface area contributed by atoms with Crippen molar-refractivity contribution in [3.05, 3.63) is 89.5 Å². The van der Waals surface area contributed by atoms with E-state index in [1.165, 1.54) is 32.4 Å². The maximum Gasteiger partial charge on any atom is 0.282 e. The van der Waals surface area contributed by atoms with E-state index < -0.39 is 0 Å². The van der Waals surface area contributed by atoms with Crippen LogP contribution in [-0.2, 0) is 32.7 Å². The first-order chi connectivity index (χ1) is 20.8. The van der Waals surface area contributed by atoms with E-state index in [4.69, 9.17) is 4.74 Å². The number of nitrogens with zero attached hydrogens (tertiary/aromatic N) is 4. The molecule has 229 valence electrons. The van der Waals surface area contributed by atoms with E-state index in [2.05, 4.69) is 127 Å². The predicted molar refractivity (Wildman–Crippen MR) is 181 cm³/mol. The summed E-state index contributed by atoms with van der Waals surface area (Å²) in [6.07, 6.45) is 5.62. The second-order valence-corrected chi connectivity index (χ2v) is 13.0. The fourth-order valence-electron chi connectivity index (χ4n) is 5.81. The number of benzene rings is 3. The van der Waals surface area contributed by atoms with Gasteiger partial charge in [-0.1, -0.05) is 55.4 Å². The summed E-state index contributed by atoms with van der Waals surface area (Å²) in [7, 11) is 8.31. The number of pyridine rings is 1. The maximum absolute atomic E-state index is 9.58. The molecule has 5 rings (SSSR count). The molecule has 0 spiro atoms. The van der Waals surface area contributed by atoms with Gasteiger partial charge >= 0.3 is 0 Å². The summed E-state index contributed by atoms with van der Waals surface area (Å²) in [6.45, 7) is 6.15. The van der Waals surface area contributed by atoms with Crippen LogP contribution in [0, 0.1) is 0 Å². The van der Waals surface area contributed by atoms with E-state index in [0.717, 1.165) is 66.9 Å². The number of para-hydroxylation sites is 2. The van der Waals surface area contributed by atoms with Crippen LogP contribution in [0.3, 0.4) is 0 Å². The molecular formula is C36H46N4O2SY+2. The number of likely N-dealkylation sites (N-methyl/N-ethyl adjacent to an activating group) is 1. The number of aliphatic hydroxyl groups excluding tert-OH is 1. The molecule has 0 saturated carbocycles. The second-order valence-electron chi connectivity index (χ2n) is 11.9. The third-order valence-corrected chi connectivity index (χ3v) is 9.50. The van der Waals surface area contributed by atoms with Gasteiger partial charge in [-0.2, -0.15) is 4.57 Å². The van der Waals surface area contributed by atoms with Crippen molar-refractivity contribution in [2.45, 2.75) is 31.1 Å². The van der Waals surface area contributed by atoms with Gasteiger partial charge in [0.2, 0.25) is 0 Å². The first-order valence-corrected chi connectivity index (χ1v) is 16.2. The van der Waals surface area contributed by atoms with E-state index in [0.29, 0.717) is 0 Å². The number of anilines is 2. The van der Waals surface area contributed by atoms with Gasteiger partial charge < -0.3 is 19.2 Å². The summed E-state index contributed by atoms with van der Waals surface area (Å²) in [4.78, 5) is 6.14.